The van der Waals surface area contributed by atoms with Crippen LogP contribution in [0.5, 0.6) is 11.5 Å². The lowest BCUT2D eigenvalue weighted by atomic mass is 10.1. The van der Waals surface area contributed by atoms with Gasteiger partial charge in [-0.05, 0) is 12.1 Å². The fraction of sp³-hybridized carbons (Fsp3) is 0. The normalized spacial score (nSPS) is 10.7. The van der Waals surface area contributed by atoms with Crippen LogP contribution in [0.3, 0.4) is 0 Å². The monoisotopic (exact) mass is 237 g/mol. The van der Waals surface area contributed by atoms with Crippen LogP contribution in [0.2, 0.25) is 0 Å². The van der Waals surface area contributed by atoms with E-state index in [0.717, 1.165) is 5.56 Å². The van der Waals surface area contributed by atoms with Crippen LogP contribution in [0.4, 0.5) is 0 Å². The molecule has 3 nitrogen and oxygen atoms in total. The van der Waals surface area contributed by atoms with E-state index >= 15 is 0 Å². The van der Waals surface area contributed by atoms with Crippen LogP contribution < -0.4 is 0 Å². The Morgan fingerprint density at radius 1 is 0.722 bits per heavy atom. The molecule has 2 N–H and O–H groups in total. The summed E-state index contributed by atoms with van der Waals surface area (Å²) in [7, 11) is 0. The molecule has 0 aliphatic heterocycles. The van der Waals surface area contributed by atoms with Crippen molar-refractivity contribution in [3.05, 3.63) is 54.6 Å². The molecule has 3 rings (SSSR count). The molecule has 0 bridgehead atoms. The van der Waals surface area contributed by atoms with Crippen LogP contribution in [0.1, 0.15) is 0 Å². The molecular weight excluding hydrogens is 226 g/mol. The summed E-state index contributed by atoms with van der Waals surface area (Å²) in [5, 5.41) is 20.6. The standard InChI is InChI=1S/C15H11NO2/c17-14-11-8-4-5-9-12(11)16-13(15(14)18)10-6-2-1-3-7-10/h1-9,18H,(H,16,17). The molecule has 88 valence electrons. The molecule has 0 unspecified atom stereocenters. The second kappa shape index (κ2) is 4.04. The molecule has 0 fully saturated rings. The Morgan fingerprint density at radius 2 is 1.39 bits per heavy atom. The Labute approximate surface area is 104 Å². The van der Waals surface area contributed by atoms with Gasteiger partial charge in [-0.15, -0.1) is 0 Å². The van der Waals surface area contributed by atoms with Gasteiger partial charge in [-0.25, -0.2) is 4.98 Å². The second-order valence-corrected chi connectivity index (χ2v) is 4.04. The number of hydrogen-bond donors (Lipinski definition) is 2. The Morgan fingerprint density at radius 3 is 2.17 bits per heavy atom. The molecule has 0 radical (unpaired) electrons. The zero-order valence-corrected chi connectivity index (χ0v) is 9.54. The molecule has 0 saturated carbocycles. The fourth-order valence-electron chi connectivity index (χ4n) is 1.98. The van der Waals surface area contributed by atoms with Gasteiger partial charge in [0.2, 0.25) is 0 Å². The lowest BCUT2D eigenvalue weighted by Gasteiger charge is -2.08. The topological polar surface area (TPSA) is 53.4 Å². The number of hydrogen-bond acceptors (Lipinski definition) is 3. The van der Waals surface area contributed by atoms with Gasteiger partial charge >= 0.3 is 0 Å². The Balaban J connectivity index is 2.34. The van der Waals surface area contributed by atoms with Crippen molar-refractivity contribution >= 4 is 10.9 Å². The van der Waals surface area contributed by atoms with Gasteiger partial charge in [-0.1, -0.05) is 42.5 Å². The van der Waals surface area contributed by atoms with Gasteiger partial charge in [0.25, 0.3) is 0 Å². The van der Waals surface area contributed by atoms with Gasteiger partial charge in [0, 0.05) is 10.9 Å². The average Bonchev–Trinajstić information content (AvgIpc) is 2.44. The van der Waals surface area contributed by atoms with E-state index in [1.54, 1.807) is 18.2 Å². The lowest BCUT2D eigenvalue weighted by Crippen LogP contribution is -1.87. The molecule has 0 aliphatic carbocycles. The van der Waals surface area contributed by atoms with Gasteiger partial charge in [-0.3, -0.25) is 0 Å². The highest BCUT2D eigenvalue weighted by Gasteiger charge is 2.14. The molecule has 0 saturated heterocycles. The SMILES string of the molecule is Oc1c(-c2ccccc2)nc2ccccc2c1O. The summed E-state index contributed by atoms with van der Waals surface area (Å²) in [4.78, 5) is 4.40. The van der Waals surface area contributed by atoms with E-state index < -0.39 is 0 Å². The van der Waals surface area contributed by atoms with E-state index in [-0.39, 0.29) is 11.5 Å². The van der Waals surface area contributed by atoms with Crippen LogP contribution in [0, 0.1) is 0 Å². The average molecular weight is 237 g/mol. The van der Waals surface area contributed by atoms with Gasteiger partial charge in [-0.2, -0.15) is 0 Å². The van der Waals surface area contributed by atoms with Crippen LogP contribution in [0.25, 0.3) is 22.2 Å². The van der Waals surface area contributed by atoms with E-state index in [1.165, 1.54) is 0 Å². The lowest BCUT2D eigenvalue weighted by molar-refractivity contribution is 0.408. The minimum atomic E-state index is -0.181. The van der Waals surface area contributed by atoms with E-state index in [9.17, 15) is 10.2 Å². The van der Waals surface area contributed by atoms with Gasteiger partial charge in [0.1, 0.15) is 5.69 Å². The molecule has 3 heteroatoms. The van der Waals surface area contributed by atoms with Crippen LogP contribution in [-0.4, -0.2) is 15.2 Å². The van der Waals surface area contributed by atoms with E-state index in [4.69, 9.17) is 0 Å². The number of para-hydroxylation sites is 1. The molecule has 18 heavy (non-hydrogen) atoms. The summed E-state index contributed by atoms with van der Waals surface area (Å²) in [6, 6.07) is 16.5. The molecule has 0 aliphatic rings. The minimum absolute atomic E-state index is 0.126. The van der Waals surface area contributed by atoms with Crippen molar-refractivity contribution in [3.63, 3.8) is 0 Å². The van der Waals surface area contributed by atoms with Crippen molar-refractivity contribution in [2.24, 2.45) is 0 Å². The summed E-state index contributed by atoms with van der Waals surface area (Å²) in [6.07, 6.45) is 0. The number of aromatic nitrogens is 1. The third kappa shape index (κ3) is 1.57. The van der Waals surface area contributed by atoms with Gasteiger partial charge in [0.15, 0.2) is 11.5 Å². The maximum Gasteiger partial charge on any atom is 0.185 e. The molecule has 0 spiro atoms. The first kappa shape index (κ1) is 10.6. The van der Waals surface area contributed by atoms with Crippen LogP contribution >= 0.6 is 0 Å². The number of pyridine rings is 1. The predicted molar refractivity (Wildman–Crippen MR) is 70.5 cm³/mol. The minimum Gasteiger partial charge on any atom is -0.504 e. The third-order valence-electron chi connectivity index (χ3n) is 2.89. The first-order chi connectivity index (χ1) is 8.77. The maximum atomic E-state index is 10.0. The summed E-state index contributed by atoms with van der Waals surface area (Å²) in [6.45, 7) is 0. The van der Waals surface area contributed by atoms with E-state index in [1.807, 2.05) is 36.4 Å². The number of nitrogens with zero attached hydrogens (tertiary/aromatic N) is 1. The Bertz CT molecular complexity index is 708. The van der Waals surface area contributed by atoms with Crippen molar-refractivity contribution < 1.29 is 10.2 Å². The summed E-state index contributed by atoms with van der Waals surface area (Å²) >= 11 is 0. The zero-order valence-electron chi connectivity index (χ0n) is 9.54. The number of rotatable bonds is 1. The molecule has 2 aromatic carbocycles. The van der Waals surface area contributed by atoms with Crippen molar-refractivity contribution in [1.82, 2.24) is 4.98 Å². The van der Waals surface area contributed by atoms with Gasteiger partial charge in [0.05, 0.1) is 5.52 Å². The largest absolute Gasteiger partial charge is 0.504 e. The number of aromatic hydroxyl groups is 2. The number of fused-ring (bicyclic) bond motifs is 1. The summed E-state index contributed by atoms with van der Waals surface area (Å²) in [5.74, 6) is -0.306. The summed E-state index contributed by atoms with van der Waals surface area (Å²) < 4.78 is 0. The first-order valence-electron chi connectivity index (χ1n) is 5.63. The fourth-order valence-corrected chi connectivity index (χ4v) is 1.98. The first-order valence-corrected chi connectivity index (χ1v) is 5.63. The highest BCUT2D eigenvalue weighted by Crippen LogP contribution is 2.39. The molecule has 0 atom stereocenters. The van der Waals surface area contributed by atoms with E-state index in [2.05, 4.69) is 4.98 Å². The van der Waals surface area contributed by atoms with Crippen molar-refractivity contribution in [1.29, 1.82) is 0 Å². The molecule has 1 heterocycles. The quantitative estimate of drug-likeness (QED) is 0.682. The van der Waals surface area contributed by atoms with Crippen LogP contribution in [-0.2, 0) is 0 Å². The highest BCUT2D eigenvalue weighted by atomic mass is 16.3. The van der Waals surface area contributed by atoms with Crippen LogP contribution in [0.15, 0.2) is 54.6 Å². The molecular formula is C15H11NO2. The Kier molecular flexibility index (Phi) is 2.38. The summed E-state index contributed by atoms with van der Waals surface area (Å²) in [5.41, 5.74) is 1.83. The molecule has 1 aromatic heterocycles. The highest BCUT2D eigenvalue weighted by molar-refractivity contribution is 5.91. The maximum absolute atomic E-state index is 10.0. The second-order valence-electron chi connectivity index (χ2n) is 4.04. The molecule has 0 amide bonds. The smallest absolute Gasteiger partial charge is 0.185 e. The zero-order chi connectivity index (χ0) is 12.5. The van der Waals surface area contributed by atoms with Crippen molar-refractivity contribution in [3.8, 4) is 22.8 Å². The van der Waals surface area contributed by atoms with Crippen molar-refractivity contribution in [2.45, 2.75) is 0 Å². The van der Waals surface area contributed by atoms with Crippen molar-refractivity contribution in [2.75, 3.05) is 0 Å². The predicted octanol–water partition coefficient (Wildman–Crippen LogP) is 3.31. The number of benzene rings is 2. The van der Waals surface area contributed by atoms with E-state index in [0.29, 0.717) is 16.6 Å². The third-order valence-corrected chi connectivity index (χ3v) is 2.89. The van der Waals surface area contributed by atoms with Gasteiger partial charge < -0.3 is 10.2 Å². The Hall–Kier alpha value is -2.55. The molecule has 3 aromatic rings.